The molecule has 1 amide bonds. The third-order valence-corrected chi connectivity index (χ3v) is 5.83. The number of amides is 1. The van der Waals surface area contributed by atoms with Crippen molar-refractivity contribution >= 4 is 57.8 Å². The van der Waals surface area contributed by atoms with E-state index in [0.29, 0.717) is 11.6 Å². The van der Waals surface area contributed by atoms with Crippen molar-refractivity contribution in [2.45, 2.75) is 6.54 Å². The predicted molar refractivity (Wildman–Crippen MR) is 111 cm³/mol. The van der Waals surface area contributed by atoms with E-state index in [2.05, 4.69) is 16.1 Å². The van der Waals surface area contributed by atoms with Crippen molar-refractivity contribution < 1.29 is 8.98 Å². The summed E-state index contributed by atoms with van der Waals surface area (Å²) in [5.74, 6) is -0.401. The molecule has 9 heteroatoms. The van der Waals surface area contributed by atoms with Gasteiger partial charge in [-0.15, -0.1) is 11.3 Å². The van der Waals surface area contributed by atoms with Crippen LogP contribution in [0.2, 0.25) is 5.02 Å². The number of halogens is 1. The second-order valence-electron chi connectivity index (χ2n) is 5.85. The fourth-order valence-electron chi connectivity index (χ4n) is 2.79. The highest BCUT2D eigenvalue weighted by atomic mass is 35.5. The number of carbonyl (C=O) groups excluding carboxylic acids is 1. The quantitative estimate of drug-likeness (QED) is 0.736. The van der Waals surface area contributed by atoms with Gasteiger partial charge in [0.2, 0.25) is 5.91 Å². The van der Waals surface area contributed by atoms with E-state index < -0.39 is 5.91 Å². The molecule has 1 aromatic heterocycles. The van der Waals surface area contributed by atoms with Crippen LogP contribution in [-0.2, 0) is 15.5 Å². The van der Waals surface area contributed by atoms with Crippen LogP contribution in [-0.4, -0.2) is 23.7 Å². The molecule has 0 saturated heterocycles. The van der Waals surface area contributed by atoms with Crippen LogP contribution in [0.5, 0.6) is 0 Å². The third kappa shape index (κ3) is 3.97. The number of fused-ring (bicyclic) bond motifs is 1. The van der Waals surface area contributed by atoms with Gasteiger partial charge in [0.1, 0.15) is 17.8 Å². The zero-order chi connectivity index (χ0) is 18.8. The summed E-state index contributed by atoms with van der Waals surface area (Å²) in [5, 5.41) is 9.59. The van der Waals surface area contributed by atoms with Crippen molar-refractivity contribution in [2.24, 2.45) is 10.8 Å². The van der Waals surface area contributed by atoms with Gasteiger partial charge in [-0.05, 0) is 30.3 Å². The smallest absolute Gasteiger partial charge is 0.238 e. The van der Waals surface area contributed by atoms with E-state index in [1.165, 1.54) is 12.0 Å². The van der Waals surface area contributed by atoms with Gasteiger partial charge in [0, 0.05) is 26.6 Å². The normalized spacial score (nSPS) is 15.1. The van der Waals surface area contributed by atoms with E-state index in [0.717, 1.165) is 26.8 Å². The van der Waals surface area contributed by atoms with Crippen LogP contribution in [0, 0.1) is 0 Å². The summed E-state index contributed by atoms with van der Waals surface area (Å²) < 4.78 is 5.22. The molecule has 0 saturated carbocycles. The fourth-order valence-corrected chi connectivity index (χ4v) is 4.62. The largest absolute Gasteiger partial charge is 0.429 e. The van der Waals surface area contributed by atoms with Crippen LogP contribution >= 0.6 is 35.0 Å². The van der Waals surface area contributed by atoms with E-state index in [-0.39, 0.29) is 6.54 Å². The standard InChI is InChI=1S/C18H15ClN4O2S2/c19-13-2-1-3-14(7-13)23(15-4-5-25-26-11-15)18-6-12-8-21-22(10-17(20)24)9-16(12)27-18/h1-8,11H,9-10H2,(H2,20,24). The van der Waals surface area contributed by atoms with Gasteiger partial charge in [-0.2, -0.15) is 5.10 Å². The van der Waals surface area contributed by atoms with Gasteiger partial charge in [-0.25, -0.2) is 0 Å². The fraction of sp³-hybridized carbons (Fsp3) is 0.111. The molecule has 6 nitrogen and oxygen atoms in total. The van der Waals surface area contributed by atoms with E-state index in [1.54, 1.807) is 28.8 Å². The van der Waals surface area contributed by atoms with Crippen LogP contribution in [0.15, 0.2) is 58.9 Å². The number of thiophene rings is 1. The van der Waals surface area contributed by atoms with Gasteiger partial charge >= 0.3 is 0 Å². The maximum atomic E-state index is 11.2. The average Bonchev–Trinajstić information content (AvgIpc) is 3.05. The topological polar surface area (TPSA) is 71.2 Å². The molecular formula is C18H15ClN4O2S2. The van der Waals surface area contributed by atoms with Crippen molar-refractivity contribution in [3.8, 4) is 0 Å². The zero-order valence-electron chi connectivity index (χ0n) is 14.0. The summed E-state index contributed by atoms with van der Waals surface area (Å²) in [6, 6.07) is 9.78. The van der Waals surface area contributed by atoms with Crippen molar-refractivity contribution in [1.29, 1.82) is 0 Å². The Morgan fingerprint density at radius 2 is 2.30 bits per heavy atom. The number of allylic oxidation sites excluding steroid dienone is 1. The Bertz CT molecular complexity index is 970. The molecule has 0 spiro atoms. The Morgan fingerprint density at radius 3 is 3.04 bits per heavy atom. The minimum Gasteiger partial charge on any atom is -0.429 e. The molecule has 3 heterocycles. The molecule has 0 fully saturated rings. The minimum absolute atomic E-state index is 0.100. The Labute approximate surface area is 169 Å². The van der Waals surface area contributed by atoms with Crippen LogP contribution in [0.4, 0.5) is 10.7 Å². The lowest BCUT2D eigenvalue weighted by atomic mass is 10.2. The van der Waals surface area contributed by atoms with Crippen LogP contribution < -0.4 is 10.6 Å². The Morgan fingerprint density at radius 1 is 1.41 bits per heavy atom. The molecule has 27 heavy (non-hydrogen) atoms. The highest BCUT2D eigenvalue weighted by Crippen LogP contribution is 2.40. The first-order valence-electron chi connectivity index (χ1n) is 8.04. The SMILES string of the molecule is NC(=O)CN1Cc2sc(N(C3=CSOC=C3)c3cccc(Cl)c3)cc2C=N1. The second kappa shape index (κ2) is 7.67. The number of hydrogen-bond acceptors (Lipinski definition) is 7. The van der Waals surface area contributed by atoms with Crippen molar-refractivity contribution in [3.63, 3.8) is 0 Å². The zero-order valence-corrected chi connectivity index (χ0v) is 16.4. The van der Waals surface area contributed by atoms with Crippen molar-refractivity contribution in [3.05, 3.63) is 69.2 Å². The molecule has 2 N–H and O–H groups in total. The van der Waals surface area contributed by atoms with E-state index >= 15 is 0 Å². The molecule has 2 aliphatic heterocycles. The number of anilines is 2. The first-order chi connectivity index (χ1) is 13.1. The number of rotatable bonds is 5. The Hall–Kier alpha value is -2.42. The summed E-state index contributed by atoms with van der Waals surface area (Å²) >= 11 is 9.13. The van der Waals surface area contributed by atoms with Gasteiger partial charge in [0.25, 0.3) is 0 Å². The molecule has 2 aromatic rings. The summed E-state index contributed by atoms with van der Waals surface area (Å²) in [5.41, 5.74) is 8.24. The average molecular weight is 419 g/mol. The number of primary amides is 1. The van der Waals surface area contributed by atoms with E-state index in [1.807, 2.05) is 35.7 Å². The van der Waals surface area contributed by atoms with Crippen LogP contribution in [0.1, 0.15) is 10.4 Å². The second-order valence-corrected chi connectivity index (χ2v) is 8.02. The maximum Gasteiger partial charge on any atom is 0.238 e. The molecule has 0 radical (unpaired) electrons. The van der Waals surface area contributed by atoms with Crippen molar-refractivity contribution in [1.82, 2.24) is 5.01 Å². The van der Waals surface area contributed by atoms with Gasteiger partial charge < -0.3 is 14.8 Å². The number of carbonyl (C=O) groups is 1. The molecule has 1 aromatic carbocycles. The predicted octanol–water partition coefficient (Wildman–Crippen LogP) is 4.21. The van der Waals surface area contributed by atoms with E-state index in [4.69, 9.17) is 21.5 Å². The highest BCUT2D eigenvalue weighted by molar-refractivity contribution is 7.97. The first-order valence-corrected chi connectivity index (χ1v) is 10.0. The number of hydrogen-bond donors (Lipinski definition) is 1. The Balaban J connectivity index is 1.71. The third-order valence-electron chi connectivity index (χ3n) is 3.92. The molecular weight excluding hydrogens is 404 g/mol. The summed E-state index contributed by atoms with van der Waals surface area (Å²) in [6.45, 7) is 0.651. The molecule has 138 valence electrons. The number of benzene rings is 1. The molecule has 4 rings (SSSR count). The summed E-state index contributed by atoms with van der Waals surface area (Å²) in [4.78, 5) is 14.4. The lowest BCUT2D eigenvalue weighted by Gasteiger charge is -2.25. The first kappa shape index (κ1) is 18.0. The lowest BCUT2D eigenvalue weighted by Crippen LogP contribution is -2.31. The van der Waals surface area contributed by atoms with Crippen LogP contribution in [0.3, 0.4) is 0 Å². The maximum absolute atomic E-state index is 11.2. The molecule has 0 bridgehead atoms. The van der Waals surface area contributed by atoms with Gasteiger partial charge in [-0.3, -0.25) is 9.80 Å². The number of nitrogens with two attached hydrogens (primary N) is 1. The van der Waals surface area contributed by atoms with E-state index in [9.17, 15) is 4.79 Å². The number of nitrogens with zero attached hydrogens (tertiary/aromatic N) is 3. The lowest BCUT2D eigenvalue weighted by molar-refractivity contribution is -0.119. The van der Waals surface area contributed by atoms with Crippen LogP contribution in [0.25, 0.3) is 0 Å². The van der Waals surface area contributed by atoms with Gasteiger partial charge in [-0.1, -0.05) is 17.7 Å². The summed E-state index contributed by atoms with van der Waals surface area (Å²) in [7, 11) is 0. The van der Waals surface area contributed by atoms with Gasteiger partial charge in [0.15, 0.2) is 0 Å². The Kier molecular flexibility index (Phi) is 5.11. The van der Waals surface area contributed by atoms with Gasteiger partial charge in [0.05, 0.1) is 30.5 Å². The molecule has 2 aliphatic rings. The summed E-state index contributed by atoms with van der Waals surface area (Å²) in [6.07, 6.45) is 5.32. The molecule has 0 unspecified atom stereocenters. The minimum atomic E-state index is -0.401. The number of hydrazone groups is 1. The van der Waals surface area contributed by atoms with Crippen molar-refractivity contribution in [2.75, 3.05) is 11.4 Å². The monoisotopic (exact) mass is 418 g/mol. The molecule has 0 aliphatic carbocycles. The highest BCUT2D eigenvalue weighted by Gasteiger charge is 2.22. The molecule has 0 atom stereocenters.